The van der Waals surface area contributed by atoms with Gasteiger partial charge in [-0.1, -0.05) is 20.3 Å². The molecule has 0 saturated heterocycles. The average molecular weight is 276 g/mol. The van der Waals surface area contributed by atoms with Crippen LogP contribution >= 0.6 is 11.3 Å². The first kappa shape index (κ1) is 12.7. The molecule has 0 spiro atoms. The van der Waals surface area contributed by atoms with Crippen LogP contribution in [-0.2, 0) is 0 Å². The standard InChI is InChI=1S/C14H20N4S/c1-8-7-9-11(17-13(15)18-12(9)19-8)16-10-5-4-6-14(10,2)3/h7,10H,4-6H2,1-3H3,(H3,15,16,17,18). The summed E-state index contributed by atoms with van der Waals surface area (Å²) in [4.78, 5) is 10.9. The molecule has 102 valence electrons. The van der Waals surface area contributed by atoms with Crippen LogP contribution in [0.3, 0.4) is 0 Å². The van der Waals surface area contributed by atoms with Crippen molar-refractivity contribution < 1.29 is 0 Å². The zero-order valence-corrected chi connectivity index (χ0v) is 12.5. The highest BCUT2D eigenvalue weighted by Gasteiger charge is 2.34. The summed E-state index contributed by atoms with van der Waals surface area (Å²) in [5.41, 5.74) is 6.14. The van der Waals surface area contributed by atoms with Gasteiger partial charge in [-0.2, -0.15) is 4.98 Å². The van der Waals surface area contributed by atoms with Crippen LogP contribution in [0.15, 0.2) is 6.07 Å². The SMILES string of the molecule is Cc1cc2c(NC3CCCC3(C)C)nc(N)nc2s1. The molecule has 0 aromatic carbocycles. The largest absolute Gasteiger partial charge is 0.368 e. The second kappa shape index (κ2) is 4.34. The van der Waals surface area contributed by atoms with E-state index in [-0.39, 0.29) is 0 Å². The molecule has 0 amide bonds. The molecule has 5 heteroatoms. The van der Waals surface area contributed by atoms with Crippen molar-refractivity contribution in [1.29, 1.82) is 0 Å². The van der Waals surface area contributed by atoms with Crippen LogP contribution in [0, 0.1) is 12.3 Å². The molecule has 0 radical (unpaired) electrons. The number of rotatable bonds is 2. The Hall–Kier alpha value is -1.36. The summed E-state index contributed by atoms with van der Waals surface area (Å²) in [5, 5.41) is 4.70. The molecule has 1 unspecified atom stereocenters. The number of thiophene rings is 1. The van der Waals surface area contributed by atoms with Crippen molar-refractivity contribution in [3.05, 3.63) is 10.9 Å². The van der Waals surface area contributed by atoms with Crippen molar-refractivity contribution in [3.8, 4) is 0 Å². The van der Waals surface area contributed by atoms with Gasteiger partial charge in [0.2, 0.25) is 5.95 Å². The van der Waals surface area contributed by atoms with Crippen LogP contribution in [0.5, 0.6) is 0 Å². The molecule has 3 rings (SSSR count). The van der Waals surface area contributed by atoms with Gasteiger partial charge in [0.1, 0.15) is 10.6 Å². The number of nitrogen functional groups attached to an aromatic ring is 1. The van der Waals surface area contributed by atoms with E-state index in [1.165, 1.54) is 24.1 Å². The Balaban J connectivity index is 2.00. The minimum Gasteiger partial charge on any atom is -0.368 e. The van der Waals surface area contributed by atoms with Gasteiger partial charge in [-0.05, 0) is 31.2 Å². The molecule has 19 heavy (non-hydrogen) atoms. The molecule has 3 N–H and O–H groups in total. The highest BCUT2D eigenvalue weighted by molar-refractivity contribution is 7.18. The maximum Gasteiger partial charge on any atom is 0.223 e. The van der Waals surface area contributed by atoms with E-state index in [9.17, 15) is 0 Å². The van der Waals surface area contributed by atoms with E-state index in [1.807, 2.05) is 0 Å². The highest BCUT2D eigenvalue weighted by atomic mass is 32.1. The zero-order valence-electron chi connectivity index (χ0n) is 11.7. The van der Waals surface area contributed by atoms with Crippen molar-refractivity contribution in [2.24, 2.45) is 5.41 Å². The second-order valence-electron chi connectivity index (χ2n) is 6.08. The quantitative estimate of drug-likeness (QED) is 0.880. The van der Waals surface area contributed by atoms with Gasteiger partial charge in [0.05, 0.1) is 5.39 Å². The maximum atomic E-state index is 5.82. The van der Waals surface area contributed by atoms with E-state index in [4.69, 9.17) is 5.73 Å². The fourth-order valence-electron chi connectivity index (χ4n) is 2.93. The van der Waals surface area contributed by atoms with E-state index in [0.717, 1.165) is 16.0 Å². The molecule has 2 heterocycles. The number of hydrogen-bond acceptors (Lipinski definition) is 5. The predicted molar refractivity (Wildman–Crippen MR) is 81.6 cm³/mol. The van der Waals surface area contributed by atoms with Crippen molar-refractivity contribution in [2.45, 2.75) is 46.1 Å². The molecule has 1 fully saturated rings. The number of nitrogens with two attached hydrogens (primary N) is 1. The molecular formula is C14H20N4S. The van der Waals surface area contributed by atoms with Crippen molar-refractivity contribution in [3.63, 3.8) is 0 Å². The first-order valence-electron chi connectivity index (χ1n) is 6.76. The first-order chi connectivity index (χ1) is 8.95. The average Bonchev–Trinajstić information content (AvgIpc) is 2.81. The molecule has 2 aromatic heterocycles. The lowest BCUT2D eigenvalue weighted by Gasteiger charge is -2.28. The summed E-state index contributed by atoms with van der Waals surface area (Å²) in [7, 11) is 0. The first-order valence-corrected chi connectivity index (χ1v) is 7.57. The summed E-state index contributed by atoms with van der Waals surface area (Å²) in [5.74, 6) is 1.25. The normalized spacial score (nSPS) is 21.9. The molecule has 0 bridgehead atoms. The lowest BCUT2D eigenvalue weighted by molar-refractivity contribution is 0.349. The minimum absolute atomic E-state index is 0.317. The van der Waals surface area contributed by atoms with Crippen LogP contribution < -0.4 is 11.1 Å². The summed E-state index contributed by atoms with van der Waals surface area (Å²) in [6, 6.07) is 2.61. The van der Waals surface area contributed by atoms with Crippen LogP contribution in [0.25, 0.3) is 10.2 Å². The Bertz CT molecular complexity index is 617. The van der Waals surface area contributed by atoms with Gasteiger partial charge < -0.3 is 11.1 Å². The van der Waals surface area contributed by atoms with E-state index in [1.54, 1.807) is 11.3 Å². The number of nitrogens with zero attached hydrogens (tertiary/aromatic N) is 2. The number of aromatic nitrogens is 2. The third-order valence-corrected chi connectivity index (χ3v) is 5.05. The van der Waals surface area contributed by atoms with Gasteiger partial charge in [0, 0.05) is 10.9 Å². The fraction of sp³-hybridized carbons (Fsp3) is 0.571. The van der Waals surface area contributed by atoms with Crippen LogP contribution in [0.4, 0.5) is 11.8 Å². The minimum atomic E-state index is 0.317. The molecule has 1 aliphatic carbocycles. The van der Waals surface area contributed by atoms with E-state index < -0.39 is 0 Å². The van der Waals surface area contributed by atoms with E-state index in [2.05, 4.69) is 42.1 Å². The van der Waals surface area contributed by atoms with Crippen molar-refractivity contribution in [1.82, 2.24) is 9.97 Å². The Kier molecular flexibility index (Phi) is 2.89. The molecule has 1 aliphatic rings. The lowest BCUT2D eigenvalue weighted by Crippen LogP contribution is -2.31. The lowest BCUT2D eigenvalue weighted by atomic mass is 9.87. The maximum absolute atomic E-state index is 5.82. The van der Waals surface area contributed by atoms with Crippen molar-refractivity contribution in [2.75, 3.05) is 11.1 Å². The zero-order chi connectivity index (χ0) is 13.6. The molecule has 1 saturated carbocycles. The topological polar surface area (TPSA) is 63.8 Å². The second-order valence-corrected chi connectivity index (χ2v) is 7.32. The Labute approximate surface area is 117 Å². The van der Waals surface area contributed by atoms with E-state index >= 15 is 0 Å². The van der Waals surface area contributed by atoms with E-state index in [0.29, 0.717) is 17.4 Å². The smallest absolute Gasteiger partial charge is 0.223 e. The summed E-state index contributed by atoms with van der Waals surface area (Å²) < 4.78 is 0. The Morgan fingerprint density at radius 1 is 1.42 bits per heavy atom. The van der Waals surface area contributed by atoms with Gasteiger partial charge in [0.15, 0.2) is 0 Å². The fourth-order valence-corrected chi connectivity index (χ4v) is 3.81. The van der Waals surface area contributed by atoms with Crippen LogP contribution in [0.1, 0.15) is 38.0 Å². The van der Waals surface area contributed by atoms with Crippen LogP contribution in [-0.4, -0.2) is 16.0 Å². The van der Waals surface area contributed by atoms with Gasteiger partial charge in [-0.25, -0.2) is 4.98 Å². The third kappa shape index (κ3) is 2.27. The van der Waals surface area contributed by atoms with Crippen LogP contribution in [0.2, 0.25) is 0 Å². The summed E-state index contributed by atoms with van der Waals surface area (Å²) in [6.45, 7) is 6.72. The van der Waals surface area contributed by atoms with Gasteiger partial charge >= 0.3 is 0 Å². The monoisotopic (exact) mass is 276 g/mol. The summed E-state index contributed by atoms with van der Waals surface area (Å²) >= 11 is 1.67. The Morgan fingerprint density at radius 3 is 2.89 bits per heavy atom. The molecule has 1 atom stereocenters. The molecular weight excluding hydrogens is 256 g/mol. The Morgan fingerprint density at radius 2 is 2.21 bits per heavy atom. The van der Waals surface area contributed by atoms with Gasteiger partial charge in [-0.3, -0.25) is 0 Å². The molecule has 0 aliphatic heterocycles. The van der Waals surface area contributed by atoms with Crippen molar-refractivity contribution >= 4 is 33.3 Å². The highest BCUT2D eigenvalue weighted by Crippen LogP contribution is 2.40. The number of fused-ring (bicyclic) bond motifs is 1. The number of hydrogen-bond donors (Lipinski definition) is 2. The molecule has 2 aromatic rings. The number of aryl methyl sites for hydroxylation is 1. The third-order valence-electron chi connectivity index (χ3n) is 4.10. The summed E-state index contributed by atoms with van der Waals surface area (Å²) in [6.07, 6.45) is 3.73. The predicted octanol–water partition coefficient (Wildman–Crippen LogP) is 3.57. The van der Waals surface area contributed by atoms with Gasteiger partial charge in [-0.15, -0.1) is 11.3 Å². The molecule has 4 nitrogen and oxygen atoms in total. The van der Waals surface area contributed by atoms with Gasteiger partial charge in [0.25, 0.3) is 0 Å². The number of anilines is 2. The number of nitrogens with one attached hydrogen (secondary N) is 1.